The van der Waals surface area contributed by atoms with Gasteiger partial charge in [-0.05, 0) is 18.6 Å². The summed E-state index contributed by atoms with van der Waals surface area (Å²) in [6, 6.07) is 6.08. The first-order chi connectivity index (χ1) is 7.69. The summed E-state index contributed by atoms with van der Waals surface area (Å²) in [7, 11) is 0. The van der Waals surface area contributed by atoms with Crippen LogP contribution in [0.15, 0.2) is 18.2 Å². The number of hydrogen-bond acceptors (Lipinski definition) is 5. The Morgan fingerprint density at radius 1 is 1.56 bits per heavy atom. The third-order valence-electron chi connectivity index (χ3n) is 1.98. The molecular formula is C10H11N3O3. The maximum Gasteiger partial charge on any atom is 0.289 e. The van der Waals surface area contributed by atoms with Gasteiger partial charge in [0, 0.05) is 24.9 Å². The van der Waals surface area contributed by atoms with Gasteiger partial charge in [0.05, 0.1) is 4.92 Å². The van der Waals surface area contributed by atoms with E-state index in [1.54, 1.807) is 12.1 Å². The Labute approximate surface area is 92.3 Å². The van der Waals surface area contributed by atoms with Crippen LogP contribution in [0, 0.1) is 21.4 Å². The van der Waals surface area contributed by atoms with E-state index < -0.39 is 4.92 Å². The van der Waals surface area contributed by atoms with E-state index in [9.17, 15) is 10.1 Å². The molecule has 0 saturated heterocycles. The molecular weight excluding hydrogens is 210 g/mol. The van der Waals surface area contributed by atoms with Crippen molar-refractivity contribution in [2.75, 3.05) is 18.5 Å². The second kappa shape index (κ2) is 5.68. The Hall–Kier alpha value is -2.13. The Bertz CT molecular complexity index is 426. The minimum Gasteiger partial charge on any atom is -0.396 e. The molecule has 0 aromatic heterocycles. The lowest BCUT2D eigenvalue weighted by atomic mass is 10.2. The third kappa shape index (κ3) is 2.93. The average molecular weight is 221 g/mol. The molecule has 0 saturated carbocycles. The molecule has 6 heteroatoms. The van der Waals surface area contributed by atoms with E-state index in [4.69, 9.17) is 10.4 Å². The van der Waals surface area contributed by atoms with Crippen LogP contribution in [-0.2, 0) is 0 Å². The quantitative estimate of drug-likeness (QED) is 0.443. The van der Waals surface area contributed by atoms with Gasteiger partial charge in [-0.25, -0.2) is 0 Å². The van der Waals surface area contributed by atoms with E-state index in [0.717, 1.165) is 0 Å². The molecule has 1 rings (SSSR count). The summed E-state index contributed by atoms with van der Waals surface area (Å²) in [5.74, 6) is 0. The lowest BCUT2D eigenvalue weighted by Gasteiger charge is -2.05. The second-order valence-corrected chi connectivity index (χ2v) is 3.10. The van der Waals surface area contributed by atoms with Gasteiger partial charge >= 0.3 is 0 Å². The molecule has 6 nitrogen and oxygen atoms in total. The van der Waals surface area contributed by atoms with Crippen molar-refractivity contribution in [2.45, 2.75) is 6.42 Å². The fourth-order valence-corrected chi connectivity index (χ4v) is 1.20. The normalized spacial score (nSPS) is 9.50. The van der Waals surface area contributed by atoms with E-state index in [1.165, 1.54) is 12.1 Å². The monoisotopic (exact) mass is 221 g/mol. The molecule has 0 amide bonds. The predicted molar refractivity (Wildman–Crippen MR) is 58.0 cm³/mol. The molecule has 0 atom stereocenters. The molecule has 0 unspecified atom stereocenters. The van der Waals surface area contributed by atoms with E-state index >= 15 is 0 Å². The number of aliphatic hydroxyl groups excluding tert-OH is 1. The summed E-state index contributed by atoms with van der Waals surface area (Å²) in [6.45, 7) is 0.588. The van der Waals surface area contributed by atoms with Crippen LogP contribution in [0.3, 0.4) is 0 Å². The number of nitrogens with one attached hydrogen (secondary N) is 1. The summed E-state index contributed by atoms with van der Waals surface area (Å²) < 4.78 is 0. The van der Waals surface area contributed by atoms with Crippen LogP contribution in [0.4, 0.5) is 11.4 Å². The van der Waals surface area contributed by atoms with Crippen molar-refractivity contribution in [2.24, 2.45) is 0 Å². The van der Waals surface area contributed by atoms with Crippen molar-refractivity contribution in [3.05, 3.63) is 33.9 Å². The largest absolute Gasteiger partial charge is 0.396 e. The van der Waals surface area contributed by atoms with Crippen molar-refractivity contribution in [1.82, 2.24) is 0 Å². The highest BCUT2D eigenvalue weighted by Crippen LogP contribution is 2.22. The van der Waals surface area contributed by atoms with Crippen LogP contribution in [0.1, 0.15) is 12.0 Å². The highest BCUT2D eigenvalue weighted by atomic mass is 16.6. The number of benzene rings is 1. The van der Waals surface area contributed by atoms with Gasteiger partial charge in [0.25, 0.3) is 5.69 Å². The number of aliphatic hydroxyl groups is 1. The molecule has 84 valence electrons. The van der Waals surface area contributed by atoms with Gasteiger partial charge in [-0.15, -0.1) is 0 Å². The van der Waals surface area contributed by atoms with Crippen LogP contribution in [0.2, 0.25) is 0 Å². The van der Waals surface area contributed by atoms with Gasteiger partial charge in [0.2, 0.25) is 0 Å². The zero-order chi connectivity index (χ0) is 12.0. The van der Waals surface area contributed by atoms with Crippen molar-refractivity contribution in [3.63, 3.8) is 0 Å². The first-order valence-electron chi connectivity index (χ1n) is 4.72. The van der Waals surface area contributed by atoms with Gasteiger partial charge in [-0.2, -0.15) is 5.26 Å². The number of nitro groups is 1. The first-order valence-corrected chi connectivity index (χ1v) is 4.72. The summed E-state index contributed by atoms with van der Waals surface area (Å²) in [5.41, 5.74) is 0.397. The van der Waals surface area contributed by atoms with Crippen LogP contribution in [-0.4, -0.2) is 23.2 Å². The van der Waals surface area contributed by atoms with Gasteiger partial charge in [0.1, 0.15) is 11.6 Å². The number of nitro benzene ring substituents is 1. The zero-order valence-electron chi connectivity index (χ0n) is 8.51. The molecule has 0 aliphatic carbocycles. The lowest BCUT2D eigenvalue weighted by Crippen LogP contribution is -2.04. The number of nitrogens with zero attached hydrogens (tertiary/aromatic N) is 2. The summed E-state index contributed by atoms with van der Waals surface area (Å²) in [5, 5.41) is 30.8. The van der Waals surface area contributed by atoms with Gasteiger partial charge in [0.15, 0.2) is 0 Å². The van der Waals surface area contributed by atoms with E-state index in [0.29, 0.717) is 18.7 Å². The summed E-state index contributed by atoms with van der Waals surface area (Å²) in [4.78, 5) is 10.1. The molecule has 0 spiro atoms. The number of hydrogen-bond donors (Lipinski definition) is 2. The highest BCUT2D eigenvalue weighted by molar-refractivity contribution is 5.59. The van der Waals surface area contributed by atoms with E-state index in [1.807, 2.05) is 0 Å². The fraction of sp³-hybridized carbons (Fsp3) is 0.300. The Morgan fingerprint density at radius 2 is 2.31 bits per heavy atom. The van der Waals surface area contributed by atoms with Crippen molar-refractivity contribution < 1.29 is 10.0 Å². The van der Waals surface area contributed by atoms with E-state index in [2.05, 4.69) is 5.32 Å². The van der Waals surface area contributed by atoms with Gasteiger partial charge in [-0.1, -0.05) is 0 Å². The summed E-state index contributed by atoms with van der Waals surface area (Å²) in [6.07, 6.45) is 0.563. The zero-order valence-corrected chi connectivity index (χ0v) is 8.51. The smallest absolute Gasteiger partial charge is 0.289 e. The number of rotatable bonds is 5. The van der Waals surface area contributed by atoms with Crippen molar-refractivity contribution in [1.29, 1.82) is 5.26 Å². The lowest BCUT2D eigenvalue weighted by molar-refractivity contribution is -0.385. The van der Waals surface area contributed by atoms with Gasteiger partial charge in [-0.3, -0.25) is 10.1 Å². The molecule has 0 aliphatic rings. The van der Waals surface area contributed by atoms with Crippen molar-refractivity contribution in [3.8, 4) is 6.07 Å². The predicted octanol–water partition coefficient (Wildman–Crippen LogP) is 1.26. The average Bonchev–Trinajstić information content (AvgIpc) is 2.29. The molecule has 0 fully saturated rings. The Morgan fingerprint density at radius 3 is 2.88 bits per heavy atom. The van der Waals surface area contributed by atoms with Crippen LogP contribution in [0.5, 0.6) is 0 Å². The highest BCUT2D eigenvalue weighted by Gasteiger charge is 2.13. The van der Waals surface area contributed by atoms with E-state index in [-0.39, 0.29) is 17.9 Å². The number of nitriles is 1. The summed E-state index contributed by atoms with van der Waals surface area (Å²) >= 11 is 0. The van der Waals surface area contributed by atoms with Crippen LogP contribution >= 0.6 is 0 Å². The topological polar surface area (TPSA) is 99.2 Å². The minimum absolute atomic E-state index is 0.0395. The second-order valence-electron chi connectivity index (χ2n) is 3.10. The minimum atomic E-state index is -0.588. The van der Waals surface area contributed by atoms with Crippen LogP contribution < -0.4 is 5.32 Å². The third-order valence-corrected chi connectivity index (χ3v) is 1.98. The molecule has 1 aromatic rings. The molecule has 1 aromatic carbocycles. The maximum atomic E-state index is 10.6. The maximum absolute atomic E-state index is 10.6. The van der Waals surface area contributed by atoms with Crippen LogP contribution in [0.25, 0.3) is 0 Å². The fourth-order valence-electron chi connectivity index (χ4n) is 1.20. The molecule has 0 bridgehead atoms. The standard InChI is InChI=1S/C10H11N3O3/c11-7-8-2-3-9(12-4-1-5-14)6-10(8)13(15)16/h2-3,6,12,14H,1,4-5H2. The molecule has 2 N–H and O–H groups in total. The Balaban J connectivity index is 2.86. The first kappa shape index (κ1) is 11.9. The molecule has 0 aliphatic heterocycles. The molecule has 16 heavy (non-hydrogen) atoms. The Kier molecular flexibility index (Phi) is 4.24. The van der Waals surface area contributed by atoms with Crippen molar-refractivity contribution >= 4 is 11.4 Å². The van der Waals surface area contributed by atoms with Gasteiger partial charge < -0.3 is 10.4 Å². The number of anilines is 1. The molecule has 0 radical (unpaired) electrons. The molecule has 0 heterocycles. The SMILES string of the molecule is N#Cc1ccc(NCCCO)cc1[N+](=O)[O-].